The second-order valence-corrected chi connectivity index (χ2v) is 3.72. The predicted molar refractivity (Wildman–Crippen MR) is 57.4 cm³/mol. The first-order valence-electron chi connectivity index (χ1n) is 5.05. The van der Waals surface area contributed by atoms with Crippen molar-refractivity contribution in [2.45, 2.75) is 12.6 Å². The summed E-state index contributed by atoms with van der Waals surface area (Å²) in [5, 5.41) is 0. The number of hydrogen-bond acceptors (Lipinski definition) is 4. The number of nitrogens with zero attached hydrogens (tertiary/aromatic N) is 3. The number of aromatic nitrogens is 2. The summed E-state index contributed by atoms with van der Waals surface area (Å²) in [6, 6.07) is 0. The number of nitrogen functional groups attached to an aromatic ring is 1. The van der Waals surface area contributed by atoms with Gasteiger partial charge in [-0.2, -0.15) is 13.2 Å². The van der Waals surface area contributed by atoms with Crippen molar-refractivity contribution in [3.63, 3.8) is 0 Å². The molecule has 0 fully saturated rings. The van der Waals surface area contributed by atoms with E-state index in [4.69, 9.17) is 5.73 Å². The second-order valence-electron chi connectivity index (χ2n) is 3.72. The molecule has 2 heterocycles. The zero-order chi connectivity index (χ0) is 12.5. The van der Waals surface area contributed by atoms with Crippen LogP contribution in [0.3, 0.4) is 0 Å². The molecule has 92 valence electrons. The van der Waals surface area contributed by atoms with Gasteiger partial charge in [0.25, 0.3) is 0 Å². The van der Waals surface area contributed by atoms with Crippen LogP contribution in [0.5, 0.6) is 0 Å². The molecule has 0 saturated carbocycles. The highest BCUT2D eigenvalue weighted by atomic mass is 19.4. The quantitative estimate of drug-likeness (QED) is 0.765. The van der Waals surface area contributed by atoms with E-state index >= 15 is 0 Å². The number of nitrogens with two attached hydrogens (primary N) is 1. The third-order valence-electron chi connectivity index (χ3n) is 2.56. The van der Waals surface area contributed by atoms with Crippen LogP contribution in [0.25, 0.3) is 0 Å². The fourth-order valence-electron chi connectivity index (χ4n) is 1.63. The smallest absolute Gasteiger partial charge is 0.382 e. The minimum atomic E-state index is -4.22. The van der Waals surface area contributed by atoms with Gasteiger partial charge in [0.15, 0.2) is 0 Å². The molecule has 2 N–H and O–H groups in total. The summed E-state index contributed by atoms with van der Waals surface area (Å²) in [7, 11) is 0. The van der Waals surface area contributed by atoms with Crippen molar-refractivity contribution in [2.75, 3.05) is 23.7 Å². The first-order valence-corrected chi connectivity index (χ1v) is 5.05. The highest BCUT2D eigenvalue weighted by Gasteiger charge is 2.34. The Labute approximate surface area is 96.0 Å². The summed E-state index contributed by atoms with van der Waals surface area (Å²) in [4.78, 5) is 9.59. The molecule has 0 spiro atoms. The Morgan fingerprint density at radius 2 is 2.00 bits per heavy atom. The van der Waals surface area contributed by atoms with E-state index in [0.717, 1.165) is 0 Å². The van der Waals surface area contributed by atoms with Crippen LogP contribution in [0.15, 0.2) is 24.0 Å². The Bertz CT molecular complexity index is 424. The third-order valence-corrected chi connectivity index (χ3v) is 2.56. The van der Waals surface area contributed by atoms with E-state index in [1.807, 2.05) is 0 Å². The van der Waals surface area contributed by atoms with Gasteiger partial charge in [0, 0.05) is 18.7 Å². The standard InChI is InChI=1S/C10H11F3N4/c11-10(12,13)7-1-3-17(4-2-7)9-6-15-8(14)5-16-9/h1,5-6H,2-4H2,(H2,14,15). The molecule has 0 atom stereocenters. The van der Waals surface area contributed by atoms with E-state index in [1.165, 1.54) is 18.5 Å². The van der Waals surface area contributed by atoms with E-state index in [-0.39, 0.29) is 25.3 Å². The monoisotopic (exact) mass is 244 g/mol. The molecule has 1 aliphatic rings. The average Bonchev–Trinajstić information content (AvgIpc) is 2.29. The molecule has 0 bridgehead atoms. The highest BCUT2D eigenvalue weighted by Crippen LogP contribution is 2.30. The van der Waals surface area contributed by atoms with Crippen LogP contribution in [0.2, 0.25) is 0 Å². The van der Waals surface area contributed by atoms with E-state index in [2.05, 4.69) is 9.97 Å². The maximum Gasteiger partial charge on any atom is 0.412 e. The molecule has 1 aromatic heterocycles. The van der Waals surface area contributed by atoms with Crippen LogP contribution in [0.1, 0.15) is 6.42 Å². The molecule has 1 aliphatic heterocycles. The molecule has 17 heavy (non-hydrogen) atoms. The highest BCUT2D eigenvalue weighted by molar-refractivity contribution is 5.42. The molecule has 0 unspecified atom stereocenters. The molecule has 7 heteroatoms. The van der Waals surface area contributed by atoms with Crippen molar-refractivity contribution in [3.8, 4) is 0 Å². The maximum absolute atomic E-state index is 12.4. The Morgan fingerprint density at radius 1 is 1.24 bits per heavy atom. The Balaban J connectivity index is 2.09. The van der Waals surface area contributed by atoms with Crippen molar-refractivity contribution in [1.82, 2.24) is 9.97 Å². The molecule has 1 aromatic rings. The van der Waals surface area contributed by atoms with E-state index in [0.29, 0.717) is 5.82 Å². The van der Waals surface area contributed by atoms with Gasteiger partial charge in [0.05, 0.1) is 12.4 Å². The van der Waals surface area contributed by atoms with Crippen LogP contribution in [-0.4, -0.2) is 29.2 Å². The minimum Gasteiger partial charge on any atom is -0.382 e. The van der Waals surface area contributed by atoms with Crippen molar-refractivity contribution in [1.29, 1.82) is 0 Å². The normalized spacial score (nSPS) is 16.9. The summed E-state index contributed by atoms with van der Waals surface area (Å²) in [5.41, 5.74) is 4.91. The van der Waals surface area contributed by atoms with E-state index in [1.54, 1.807) is 4.90 Å². The summed E-state index contributed by atoms with van der Waals surface area (Å²) in [6.07, 6.45) is -0.226. The van der Waals surface area contributed by atoms with Gasteiger partial charge >= 0.3 is 6.18 Å². The molecule has 0 radical (unpaired) electrons. The van der Waals surface area contributed by atoms with Gasteiger partial charge in [0.2, 0.25) is 0 Å². The van der Waals surface area contributed by atoms with Gasteiger partial charge in [-0.3, -0.25) is 0 Å². The molecule has 2 rings (SSSR count). The first-order chi connectivity index (χ1) is 7.97. The minimum absolute atomic E-state index is 0.0322. The third kappa shape index (κ3) is 2.66. The van der Waals surface area contributed by atoms with Crippen LogP contribution < -0.4 is 10.6 Å². The Kier molecular flexibility index (Phi) is 2.91. The number of rotatable bonds is 1. The lowest BCUT2D eigenvalue weighted by atomic mass is 10.1. The van der Waals surface area contributed by atoms with Crippen LogP contribution >= 0.6 is 0 Å². The number of halogens is 3. The van der Waals surface area contributed by atoms with Crippen molar-refractivity contribution >= 4 is 11.6 Å². The SMILES string of the molecule is Nc1cnc(N2CC=C(C(F)(F)F)CC2)cn1. The summed E-state index contributed by atoms with van der Waals surface area (Å²) >= 11 is 0. The Hall–Kier alpha value is -1.79. The molecule has 0 aliphatic carbocycles. The molecular formula is C10H11F3N4. The maximum atomic E-state index is 12.4. The zero-order valence-corrected chi connectivity index (χ0v) is 8.91. The predicted octanol–water partition coefficient (Wildman–Crippen LogP) is 1.76. The summed E-state index contributed by atoms with van der Waals surface area (Å²) in [6.45, 7) is 0.470. The van der Waals surface area contributed by atoms with Gasteiger partial charge in [-0.1, -0.05) is 6.08 Å². The zero-order valence-electron chi connectivity index (χ0n) is 8.91. The van der Waals surface area contributed by atoms with Crippen LogP contribution in [0.4, 0.5) is 24.8 Å². The Morgan fingerprint density at radius 3 is 2.47 bits per heavy atom. The van der Waals surface area contributed by atoms with Crippen LogP contribution in [-0.2, 0) is 0 Å². The van der Waals surface area contributed by atoms with Crippen molar-refractivity contribution in [2.24, 2.45) is 0 Å². The van der Waals surface area contributed by atoms with Gasteiger partial charge in [-0.05, 0) is 6.42 Å². The number of hydrogen-bond donors (Lipinski definition) is 1. The van der Waals surface area contributed by atoms with E-state index < -0.39 is 11.7 Å². The topological polar surface area (TPSA) is 55.0 Å². The molecule has 0 saturated heterocycles. The lowest BCUT2D eigenvalue weighted by Crippen LogP contribution is -2.32. The summed E-state index contributed by atoms with van der Waals surface area (Å²) in [5.74, 6) is 0.828. The fourth-order valence-corrected chi connectivity index (χ4v) is 1.63. The van der Waals surface area contributed by atoms with Crippen LogP contribution in [0, 0.1) is 0 Å². The molecule has 0 amide bonds. The van der Waals surface area contributed by atoms with Gasteiger partial charge in [-0.15, -0.1) is 0 Å². The van der Waals surface area contributed by atoms with Crippen molar-refractivity contribution in [3.05, 3.63) is 24.0 Å². The second kappa shape index (κ2) is 4.23. The average molecular weight is 244 g/mol. The first kappa shape index (κ1) is 11.7. The number of anilines is 2. The van der Waals surface area contributed by atoms with Gasteiger partial charge in [-0.25, -0.2) is 9.97 Å². The molecular weight excluding hydrogens is 233 g/mol. The van der Waals surface area contributed by atoms with E-state index in [9.17, 15) is 13.2 Å². The lowest BCUT2D eigenvalue weighted by Gasteiger charge is -2.27. The number of alkyl halides is 3. The van der Waals surface area contributed by atoms with Gasteiger partial charge < -0.3 is 10.6 Å². The molecule has 4 nitrogen and oxygen atoms in total. The fraction of sp³-hybridized carbons (Fsp3) is 0.400. The largest absolute Gasteiger partial charge is 0.412 e. The van der Waals surface area contributed by atoms with Gasteiger partial charge in [0.1, 0.15) is 11.6 Å². The van der Waals surface area contributed by atoms with Crippen molar-refractivity contribution < 1.29 is 13.2 Å². The lowest BCUT2D eigenvalue weighted by molar-refractivity contribution is -0.0944. The molecule has 0 aromatic carbocycles. The summed E-state index contributed by atoms with van der Waals surface area (Å²) < 4.78 is 37.2.